The molecule has 0 aliphatic carbocycles. The van der Waals surface area contributed by atoms with Gasteiger partial charge in [0, 0.05) is 30.5 Å². The second-order valence-electron chi connectivity index (χ2n) is 8.96. The number of aromatic nitrogens is 2. The molecule has 33 heavy (non-hydrogen) atoms. The molecule has 2 aliphatic heterocycles. The van der Waals surface area contributed by atoms with Gasteiger partial charge in [0.05, 0.1) is 30.2 Å². The van der Waals surface area contributed by atoms with Crippen molar-refractivity contribution in [1.29, 1.82) is 5.26 Å². The number of nitriles is 1. The van der Waals surface area contributed by atoms with E-state index in [0.717, 1.165) is 11.1 Å². The molecule has 2 saturated heterocycles. The van der Waals surface area contributed by atoms with Crippen LogP contribution in [0.1, 0.15) is 40.0 Å². The molecular formula is C24H23N5O4. The Balaban J connectivity index is 1.60. The van der Waals surface area contributed by atoms with Crippen LogP contribution in [-0.4, -0.2) is 46.8 Å². The van der Waals surface area contributed by atoms with Crippen LogP contribution in [-0.2, 0) is 4.74 Å². The highest BCUT2D eigenvalue weighted by Crippen LogP contribution is 2.40. The van der Waals surface area contributed by atoms with Gasteiger partial charge in [-0.2, -0.15) is 5.26 Å². The molecule has 2 N–H and O–H groups in total. The van der Waals surface area contributed by atoms with Crippen molar-refractivity contribution in [2.75, 3.05) is 36.5 Å². The summed E-state index contributed by atoms with van der Waals surface area (Å²) in [6.07, 6.45) is 1.67. The van der Waals surface area contributed by atoms with Gasteiger partial charge < -0.3 is 20.1 Å². The fourth-order valence-corrected chi connectivity index (χ4v) is 4.63. The van der Waals surface area contributed by atoms with Crippen LogP contribution >= 0.6 is 0 Å². The van der Waals surface area contributed by atoms with Crippen LogP contribution in [0.15, 0.2) is 41.3 Å². The molecule has 3 aromatic rings. The number of fused-ring (bicyclic) bond motifs is 1. The highest BCUT2D eigenvalue weighted by Gasteiger charge is 2.50. The van der Waals surface area contributed by atoms with Crippen LogP contribution in [0, 0.1) is 23.7 Å². The molecule has 1 atom stereocenters. The Hall–Kier alpha value is -3.90. The first-order chi connectivity index (χ1) is 15.8. The smallest absolute Gasteiger partial charge is 0.337 e. The number of carboxylic acids is 1. The number of rotatable bonds is 5. The number of nitrogens with zero attached hydrogens (tertiary/aromatic N) is 4. The minimum absolute atomic E-state index is 0.0241. The number of aromatic carboxylic acids is 1. The summed E-state index contributed by atoms with van der Waals surface area (Å²) >= 11 is 0. The number of benzene rings is 1. The molecule has 9 nitrogen and oxygen atoms in total. The Morgan fingerprint density at radius 1 is 1.33 bits per heavy atom. The van der Waals surface area contributed by atoms with Gasteiger partial charge in [0.25, 0.3) is 5.56 Å². The summed E-state index contributed by atoms with van der Waals surface area (Å²) in [7, 11) is 0. The van der Waals surface area contributed by atoms with Gasteiger partial charge in [-0.1, -0.05) is 12.1 Å². The molecule has 0 bridgehead atoms. The number of pyridine rings is 1. The zero-order valence-electron chi connectivity index (χ0n) is 18.3. The van der Waals surface area contributed by atoms with Crippen LogP contribution in [0.25, 0.3) is 5.65 Å². The van der Waals surface area contributed by atoms with E-state index >= 15 is 0 Å². The molecule has 2 fully saturated rings. The normalized spacial score (nSPS) is 17.2. The van der Waals surface area contributed by atoms with E-state index in [1.807, 2.05) is 30.9 Å². The van der Waals surface area contributed by atoms with Crippen molar-refractivity contribution in [2.24, 2.45) is 5.41 Å². The SMILES string of the molecule is Cc1cc([C@@H](C)Nc2ccccc2C(=O)O)c2nc(N3CC4(COC4)C3)c(C#N)c(=O)n2c1. The standard InChI is InChI=1S/C24H23N5O4/c1-14-7-17(15(2)26-19-6-4-3-5-16(19)23(31)32)21-27-20(18(8-25)22(30)29(21)9-14)28-10-24(11-28)12-33-13-24/h3-7,9,15,26H,10-13H2,1-2H3,(H,31,32)/t15-/m1/s1. The van der Waals surface area contributed by atoms with E-state index in [2.05, 4.69) is 5.32 Å². The summed E-state index contributed by atoms with van der Waals surface area (Å²) < 4.78 is 6.75. The molecule has 168 valence electrons. The first-order valence-electron chi connectivity index (χ1n) is 10.7. The van der Waals surface area contributed by atoms with Crippen molar-refractivity contribution in [3.05, 3.63) is 69.1 Å². The molecule has 1 spiro atoms. The van der Waals surface area contributed by atoms with Crippen LogP contribution in [0.4, 0.5) is 11.5 Å². The van der Waals surface area contributed by atoms with Crippen molar-refractivity contribution < 1.29 is 14.6 Å². The Kier molecular flexibility index (Phi) is 4.83. The molecule has 0 radical (unpaired) electrons. The second kappa shape index (κ2) is 7.60. The van der Waals surface area contributed by atoms with E-state index in [-0.39, 0.29) is 22.6 Å². The quantitative estimate of drug-likeness (QED) is 0.615. The third-order valence-electron chi connectivity index (χ3n) is 6.35. The molecule has 5 rings (SSSR count). The highest BCUT2D eigenvalue weighted by atomic mass is 16.5. The van der Waals surface area contributed by atoms with Gasteiger partial charge in [-0.05, 0) is 37.6 Å². The average molecular weight is 445 g/mol. The number of hydrogen-bond acceptors (Lipinski definition) is 7. The number of ether oxygens (including phenoxy) is 1. The molecular weight excluding hydrogens is 422 g/mol. The lowest BCUT2D eigenvalue weighted by molar-refractivity contribution is -0.127. The number of hydrogen-bond donors (Lipinski definition) is 2. The first-order valence-corrected chi connectivity index (χ1v) is 10.7. The van der Waals surface area contributed by atoms with E-state index in [4.69, 9.17) is 9.72 Å². The van der Waals surface area contributed by atoms with Gasteiger partial charge in [0.1, 0.15) is 11.7 Å². The van der Waals surface area contributed by atoms with Gasteiger partial charge in [-0.15, -0.1) is 0 Å². The molecule has 2 aromatic heterocycles. The monoisotopic (exact) mass is 445 g/mol. The van der Waals surface area contributed by atoms with Gasteiger partial charge >= 0.3 is 5.97 Å². The number of anilines is 2. The predicted octanol–water partition coefficient (Wildman–Crippen LogP) is 2.58. The van der Waals surface area contributed by atoms with Gasteiger partial charge in [0.15, 0.2) is 11.4 Å². The topological polar surface area (TPSA) is 120 Å². The van der Waals surface area contributed by atoms with Crippen molar-refractivity contribution in [2.45, 2.75) is 19.9 Å². The number of aryl methyl sites for hydroxylation is 1. The minimum Gasteiger partial charge on any atom is -0.478 e. The van der Waals surface area contributed by atoms with Crippen molar-refractivity contribution >= 4 is 23.1 Å². The van der Waals surface area contributed by atoms with Gasteiger partial charge in [-0.25, -0.2) is 9.78 Å². The zero-order chi connectivity index (χ0) is 23.3. The summed E-state index contributed by atoms with van der Waals surface area (Å²) in [5.41, 5.74) is 2.36. The maximum Gasteiger partial charge on any atom is 0.337 e. The summed E-state index contributed by atoms with van der Waals surface area (Å²) in [4.78, 5) is 31.6. The lowest BCUT2D eigenvalue weighted by atomic mass is 9.78. The summed E-state index contributed by atoms with van der Waals surface area (Å²) in [6, 6.07) is 10.3. The lowest BCUT2D eigenvalue weighted by Gasteiger charge is -2.55. The summed E-state index contributed by atoms with van der Waals surface area (Å²) in [6.45, 7) is 6.53. The fraction of sp³-hybridized carbons (Fsp3) is 0.333. The van der Waals surface area contributed by atoms with Crippen LogP contribution < -0.4 is 15.8 Å². The summed E-state index contributed by atoms with van der Waals surface area (Å²) in [5, 5.41) is 22.5. The lowest BCUT2D eigenvalue weighted by Crippen LogP contribution is -2.66. The zero-order valence-corrected chi connectivity index (χ0v) is 18.3. The van der Waals surface area contributed by atoms with E-state index < -0.39 is 11.5 Å². The maximum absolute atomic E-state index is 13.2. The Morgan fingerprint density at radius 3 is 2.70 bits per heavy atom. The van der Waals surface area contributed by atoms with E-state index in [1.165, 1.54) is 10.5 Å². The predicted molar refractivity (Wildman–Crippen MR) is 122 cm³/mol. The fourth-order valence-electron chi connectivity index (χ4n) is 4.63. The molecule has 0 unspecified atom stereocenters. The molecule has 2 aliphatic rings. The third kappa shape index (κ3) is 3.39. The van der Waals surface area contributed by atoms with Gasteiger partial charge in [0.2, 0.25) is 0 Å². The van der Waals surface area contributed by atoms with E-state index in [0.29, 0.717) is 43.5 Å². The van der Waals surface area contributed by atoms with Crippen molar-refractivity contribution in [3.8, 4) is 6.07 Å². The molecule has 0 saturated carbocycles. The van der Waals surface area contributed by atoms with Gasteiger partial charge in [-0.3, -0.25) is 9.20 Å². The van der Waals surface area contributed by atoms with Crippen molar-refractivity contribution in [1.82, 2.24) is 9.38 Å². The van der Waals surface area contributed by atoms with Crippen LogP contribution in [0.5, 0.6) is 0 Å². The van der Waals surface area contributed by atoms with E-state index in [9.17, 15) is 20.0 Å². The first kappa shape index (κ1) is 21.0. The largest absolute Gasteiger partial charge is 0.478 e. The maximum atomic E-state index is 13.2. The number of carbonyl (C=O) groups is 1. The van der Waals surface area contributed by atoms with E-state index in [1.54, 1.807) is 24.4 Å². The third-order valence-corrected chi connectivity index (χ3v) is 6.35. The average Bonchev–Trinajstić information content (AvgIpc) is 2.72. The second-order valence-corrected chi connectivity index (χ2v) is 8.96. The Bertz CT molecular complexity index is 1380. The molecule has 4 heterocycles. The molecule has 9 heteroatoms. The van der Waals surface area contributed by atoms with Crippen molar-refractivity contribution in [3.63, 3.8) is 0 Å². The molecule has 0 amide bonds. The van der Waals surface area contributed by atoms with Crippen LogP contribution in [0.2, 0.25) is 0 Å². The number of carboxylic acid groups (broad SMARTS) is 1. The van der Waals surface area contributed by atoms with Crippen LogP contribution in [0.3, 0.4) is 0 Å². The number of para-hydroxylation sites is 1. The summed E-state index contributed by atoms with van der Waals surface area (Å²) in [5.74, 6) is -0.635. The Morgan fingerprint density at radius 2 is 2.06 bits per heavy atom. The highest BCUT2D eigenvalue weighted by molar-refractivity contribution is 5.94. The minimum atomic E-state index is -1.03. The number of nitrogens with one attached hydrogen (secondary N) is 1. The molecule has 1 aromatic carbocycles. The Labute approximate surface area is 189 Å².